The first-order valence-corrected chi connectivity index (χ1v) is 30.8. The number of unbranched alkanes of at least 4 members (excludes halogenated alkanes) is 32. The molecule has 10 heteroatoms. The van der Waals surface area contributed by atoms with E-state index >= 15 is 0 Å². The third kappa shape index (κ3) is 55.3. The van der Waals surface area contributed by atoms with Crippen LogP contribution < -0.4 is 4.89 Å². The number of allylic oxidation sites excluding steroid dienone is 8. The van der Waals surface area contributed by atoms with Crippen molar-refractivity contribution in [2.45, 2.75) is 277 Å². The average molecular weight is 1010 g/mol. The van der Waals surface area contributed by atoms with E-state index in [1.54, 1.807) is 0 Å². The van der Waals surface area contributed by atoms with E-state index in [1.807, 2.05) is 21.1 Å². The van der Waals surface area contributed by atoms with E-state index in [-0.39, 0.29) is 32.0 Å². The molecule has 0 heterocycles. The quantitative estimate of drug-likeness (QED) is 0.0195. The summed E-state index contributed by atoms with van der Waals surface area (Å²) in [6, 6.07) is 0. The number of phosphoric ester groups is 1. The van der Waals surface area contributed by atoms with E-state index in [0.29, 0.717) is 17.4 Å². The molecule has 0 amide bonds. The van der Waals surface area contributed by atoms with Gasteiger partial charge in [0.15, 0.2) is 6.10 Å². The molecule has 0 bridgehead atoms. The number of phosphoric acid groups is 1. The van der Waals surface area contributed by atoms with Gasteiger partial charge in [0, 0.05) is 12.8 Å². The molecular formula is C60H112NO8P. The summed E-state index contributed by atoms with van der Waals surface area (Å²) >= 11 is 0. The first-order valence-electron chi connectivity index (χ1n) is 29.3. The lowest BCUT2D eigenvalue weighted by Gasteiger charge is -2.28. The van der Waals surface area contributed by atoms with Crippen LogP contribution in [0.15, 0.2) is 48.6 Å². The Labute approximate surface area is 433 Å². The fraction of sp³-hybridized carbons (Fsp3) is 0.833. The number of rotatable bonds is 54. The second-order valence-corrected chi connectivity index (χ2v) is 22.4. The van der Waals surface area contributed by atoms with Crippen LogP contribution in [0.5, 0.6) is 0 Å². The molecular weight excluding hydrogens is 894 g/mol. The lowest BCUT2D eigenvalue weighted by atomic mass is 10.0. The van der Waals surface area contributed by atoms with Crippen LogP contribution in [0, 0.1) is 0 Å². The Bertz CT molecular complexity index is 1320. The maximum Gasteiger partial charge on any atom is 0.306 e. The number of carbonyl (C=O) groups excluding carboxylic acids is 2. The van der Waals surface area contributed by atoms with Crippen molar-refractivity contribution < 1.29 is 42.1 Å². The summed E-state index contributed by atoms with van der Waals surface area (Å²) in [6.07, 6.45) is 64.4. The standard InChI is InChI=1S/C60H112NO8P/c1-6-8-10-12-14-16-18-20-22-24-26-28-30-32-34-36-38-40-42-44-46-48-50-52-59(62)66-56-58(57-68-70(64,65)67-55-54-61(3,4)5)69-60(63)53-51-49-47-45-43-41-39-37-35-33-31-29-27-25-23-21-19-17-15-13-11-9-7-2/h19,21,24-27,31,33,58H,6-18,20,22-23,28-30,32,34-57H2,1-5H3/b21-19-,26-24-,27-25-,33-31-. The van der Waals surface area contributed by atoms with E-state index in [1.165, 1.54) is 180 Å². The van der Waals surface area contributed by atoms with Gasteiger partial charge in [-0.05, 0) is 77.0 Å². The zero-order chi connectivity index (χ0) is 51.3. The number of hydrogen-bond donors (Lipinski definition) is 0. The molecule has 9 nitrogen and oxygen atoms in total. The number of likely N-dealkylation sites (N-methyl/N-ethyl adjacent to an activating group) is 1. The van der Waals surface area contributed by atoms with Gasteiger partial charge in [-0.1, -0.05) is 229 Å². The molecule has 0 aliphatic carbocycles. The highest BCUT2D eigenvalue weighted by atomic mass is 31.2. The molecule has 0 aliphatic rings. The maximum atomic E-state index is 12.8. The predicted octanol–water partition coefficient (Wildman–Crippen LogP) is 17.5. The minimum absolute atomic E-state index is 0.0329. The molecule has 0 aromatic carbocycles. The molecule has 0 aliphatic heterocycles. The smallest absolute Gasteiger partial charge is 0.306 e. The van der Waals surface area contributed by atoms with Crippen LogP contribution in [-0.2, 0) is 32.7 Å². The molecule has 0 fully saturated rings. The Morgan fingerprint density at radius 2 is 0.771 bits per heavy atom. The number of nitrogens with zero attached hydrogens (tertiary/aromatic N) is 1. The first-order chi connectivity index (χ1) is 34.0. The highest BCUT2D eigenvalue weighted by Crippen LogP contribution is 2.38. The van der Waals surface area contributed by atoms with Crippen molar-refractivity contribution >= 4 is 19.8 Å². The summed E-state index contributed by atoms with van der Waals surface area (Å²) < 4.78 is 34.2. The van der Waals surface area contributed by atoms with Gasteiger partial charge in [0.2, 0.25) is 0 Å². The lowest BCUT2D eigenvalue weighted by molar-refractivity contribution is -0.870. The summed E-state index contributed by atoms with van der Waals surface area (Å²) in [5.41, 5.74) is 0. The molecule has 0 aromatic rings. The van der Waals surface area contributed by atoms with Crippen molar-refractivity contribution in [2.75, 3.05) is 47.5 Å². The SMILES string of the molecule is CCCCCCC/C=C\C/C=C\C/C=C\CCCCCCCCCCC(=O)OC(COC(=O)CCCCCCCCCCCCC/C=C\CCCCCCCCCC)COP(=O)([O-])OCC[N+](C)(C)C. The van der Waals surface area contributed by atoms with Crippen LogP contribution in [0.1, 0.15) is 271 Å². The van der Waals surface area contributed by atoms with Crippen LogP contribution in [0.3, 0.4) is 0 Å². The molecule has 410 valence electrons. The average Bonchev–Trinajstić information content (AvgIpc) is 3.32. The molecule has 0 N–H and O–H groups in total. The summed E-state index contributed by atoms with van der Waals surface area (Å²) in [5.74, 6) is -0.835. The van der Waals surface area contributed by atoms with E-state index < -0.39 is 26.5 Å². The zero-order valence-corrected chi connectivity index (χ0v) is 47.4. The van der Waals surface area contributed by atoms with E-state index in [2.05, 4.69) is 62.5 Å². The van der Waals surface area contributed by atoms with Gasteiger partial charge in [0.25, 0.3) is 7.82 Å². The fourth-order valence-electron chi connectivity index (χ4n) is 8.25. The number of esters is 2. The molecule has 0 radical (unpaired) electrons. The van der Waals surface area contributed by atoms with E-state index in [4.69, 9.17) is 18.5 Å². The Morgan fingerprint density at radius 1 is 0.443 bits per heavy atom. The number of quaternary nitrogens is 1. The largest absolute Gasteiger partial charge is 0.756 e. The molecule has 0 aromatic heterocycles. The lowest BCUT2D eigenvalue weighted by Crippen LogP contribution is -2.37. The summed E-state index contributed by atoms with van der Waals surface area (Å²) in [6.45, 7) is 4.25. The molecule has 0 rings (SSSR count). The summed E-state index contributed by atoms with van der Waals surface area (Å²) in [7, 11) is 1.16. The van der Waals surface area contributed by atoms with Crippen molar-refractivity contribution in [3.63, 3.8) is 0 Å². The second-order valence-electron chi connectivity index (χ2n) is 21.0. The van der Waals surface area contributed by atoms with Crippen molar-refractivity contribution in [1.82, 2.24) is 0 Å². The molecule has 0 spiro atoms. The third-order valence-corrected chi connectivity index (χ3v) is 13.8. The van der Waals surface area contributed by atoms with Gasteiger partial charge in [0.1, 0.15) is 19.8 Å². The van der Waals surface area contributed by atoms with Crippen molar-refractivity contribution in [1.29, 1.82) is 0 Å². The van der Waals surface area contributed by atoms with Gasteiger partial charge in [-0.3, -0.25) is 14.2 Å². The predicted molar refractivity (Wildman–Crippen MR) is 296 cm³/mol. The summed E-state index contributed by atoms with van der Waals surface area (Å²) in [4.78, 5) is 37.9. The van der Waals surface area contributed by atoms with Gasteiger partial charge in [0.05, 0.1) is 27.7 Å². The van der Waals surface area contributed by atoms with Crippen LogP contribution in [0.2, 0.25) is 0 Å². The monoisotopic (exact) mass is 1010 g/mol. The first kappa shape index (κ1) is 68.0. The van der Waals surface area contributed by atoms with Crippen LogP contribution in [-0.4, -0.2) is 70.0 Å². The minimum Gasteiger partial charge on any atom is -0.756 e. The van der Waals surface area contributed by atoms with Gasteiger partial charge in [-0.15, -0.1) is 0 Å². The topological polar surface area (TPSA) is 111 Å². The van der Waals surface area contributed by atoms with Crippen LogP contribution in [0.4, 0.5) is 0 Å². The number of carbonyl (C=O) groups is 2. The molecule has 0 saturated carbocycles. The van der Waals surface area contributed by atoms with E-state index in [9.17, 15) is 19.0 Å². The Balaban J connectivity index is 4.18. The molecule has 2 unspecified atom stereocenters. The van der Waals surface area contributed by atoms with Crippen LogP contribution in [0.25, 0.3) is 0 Å². The Kier molecular flexibility index (Phi) is 50.4. The minimum atomic E-state index is -4.64. The Morgan fingerprint density at radius 3 is 1.16 bits per heavy atom. The fourth-order valence-corrected chi connectivity index (χ4v) is 8.98. The van der Waals surface area contributed by atoms with E-state index in [0.717, 1.165) is 57.8 Å². The zero-order valence-electron chi connectivity index (χ0n) is 46.5. The molecule has 2 atom stereocenters. The Hall–Kier alpha value is -2.03. The number of ether oxygens (including phenoxy) is 2. The van der Waals surface area contributed by atoms with Crippen molar-refractivity contribution in [2.24, 2.45) is 0 Å². The van der Waals surface area contributed by atoms with Crippen molar-refractivity contribution in [3.05, 3.63) is 48.6 Å². The van der Waals surface area contributed by atoms with Gasteiger partial charge < -0.3 is 27.9 Å². The highest BCUT2D eigenvalue weighted by Gasteiger charge is 2.22. The normalized spacial score (nSPS) is 13.6. The second kappa shape index (κ2) is 51.9. The molecule has 70 heavy (non-hydrogen) atoms. The molecule has 0 saturated heterocycles. The van der Waals surface area contributed by atoms with Crippen molar-refractivity contribution in [3.8, 4) is 0 Å². The summed E-state index contributed by atoms with van der Waals surface area (Å²) in [5, 5.41) is 0. The van der Waals surface area contributed by atoms with Gasteiger partial charge in [-0.2, -0.15) is 0 Å². The highest BCUT2D eigenvalue weighted by molar-refractivity contribution is 7.45. The van der Waals surface area contributed by atoms with Crippen LogP contribution >= 0.6 is 7.82 Å². The maximum absolute atomic E-state index is 12.8. The van der Waals surface area contributed by atoms with Gasteiger partial charge >= 0.3 is 11.9 Å². The van der Waals surface area contributed by atoms with Gasteiger partial charge in [-0.25, -0.2) is 0 Å². The third-order valence-electron chi connectivity index (χ3n) is 12.8. The number of hydrogen-bond acceptors (Lipinski definition) is 8.